The van der Waals surface area contributed by atoms with Crippen LogP contribution in [-0.4, -0.2) is 0 Å². The van der Waals surface area contributed by atoms with E-state index in [-0.39, 0.29) is 5.57 Å². The van der Waals surface area contributed by atoms with Crippen LogP contribution in [0.25, 0.3) is 0 Å². The molecule has 0 atom stereocenters. The van der Waals surface area contributed by atoms with Crippen LogP contribution in [0.4, 0.5) is 0 Å². The van der Waals surface area contributed by atoms with E-state index in [1.165, 1.54) is 0 Å². The van der Waals surface area contributed by atoms with Gasteiger partial charge in [-0.05, 0) is 13.8 Å². The van der Waals surface area contributed by atoms with E-state index in [4.69, 9.17) is 10.5 Å². The van der Waals surface area contributed by atoms with Crippen molar-refractivity contribution >= 4 is 0 Å². The fourth-order valence-corrected chi connectivity index (χ4v) is 0.151. The van der Waals surface area contributed by atoms with Crippen molar-refractivity contribution in [3.63, 3.8) is 0 Å². The molecule has 0 aliphatic rings. The Labute approximate surface area is 48.7 Å². The van der Waals surface area contributed by atoms with Crippen LogP contribution in [-0.2, 0) is 0 Å². The third-order valence-electron chi connectivity index (χ3n) is 0.755. The summed E-state index contributed by atoms with van der Waals surface area (Å²) in [4.78, 5) is 0. The molecule has 0 unspecified atom stereocenters. The summed E-state index contributed by atoms with van der Waals surface area (Å²) in [5.41, 5.74) is 0.625. The minimum absolute atomic E-state index is 0.243. The summed E-state index contributed by atoms with van der Waals surface area (Å²) in [5, 5.41) is 16.3. The molecule has 0 amide bonds. The fourth-order valence-electron chi connectivity index (χ4n) is 0.151. The second kappa shape index (κ2) is 2.82. The van der Waals surface area contributed by atoms with Gasteiger partial charge in [-0.2, -0.15) is 10.5 Å². The number of nitriles is 2. The van der Waals surface area contributed by atoms with Crippen molar-refractivity contribution in [1.29, 1.82) is 10.5 Å². The zero-order valence-corrected chi connectivity index (χ0v) is 4.60. The largest absolute Gasteiger partial charge is 0.193 e. The highest BCUT2D eigenvalue weighted by molar-refractivity contribution is 5.36. The van der Waals surface area contributed by atoms with E-state index in [0.29, 0.717) is 5.57 Å². The molecule has 0 aromatic heterocycles. The van der Waals surface area contributed by atoms with Crippen LogP contribution in [0.2, 0.25) is 0 Å². The predicted octanol–water partition coefficient (Wildman–Crippen LogP) is 1.18. The molecule has 0 saturated heterocycles. The highest BCUT2D eigenvalue weighted by Gasteiger charge is 1.89. The molecule has 0 aliphatic heterocycles. The summed E-state index contributed by atoms with van der Waals surface area (Å²) in [6.07, 6.45) is 0. The Hall–Kier alpha value is -1.28. The maximum atomic E-state index is 8.14. The van der Waals surface area contributed by atoms with Gasteiger partial charge in [0.25, 0.3) is 0 Å². The molecule has 0 fully saturated rings. The maximum Gasteiger partial charge on any atom is 0.0957 e. The lowest BCUT2D eigenvalue weighted by Gasteiger charge is -1.81. The Bertz CT molecular complexity index is 166. The van der Waals surface area contributed by atoms with E-state index < -0.39 is 0 Å². The van der Waals surface area contributed by atoms with Crippen molar-refractivity contribution in [2.45, 2.75) is 6.92 Å². The molecule has 0 N–H and O–H groups in total. The van der Waals surface area contributed by atoms with Gasteiger partial charge in [-0.25, -0.2) is 0 Å². The highest BCUT2D eigenvalue weighted by Crippen LogP contribution is 1.97. The summed E-state index contributed by atoms with van der Waals surface area (Å²) in [7, 11) is 0. The summed E-state index contributed by atoms with van der Waals surface area (Å²) in [6.45, 7) is 4.88. The van der Waals surface area contributed by atoms with E-state index in [1.807, 2.05) is 6.07 Å². The maximum absolute atomic E-state index is 8.14. The van der Waals surface area contributed by atoms with Gasteiger partial charge in [-0.3, -0.25) is 0 Å². The highest BCUT2D eigenvalue weighted by atomic mass is 14.3. The molecule has 0 rings (SSSR count). The predicted molar refractivity (Wildman–Crippen MR) is 29.3 cm³/mol. The minimum Gasteiger partial charge on any atom is -0.193 e. The van der Waals surface area contributed by atoms with Gasteiger partial charge < -0.3 is 0 Å². The lowest BCUT2D eigenvalue weighted by Crippen LogP contribution is -1.74. The molecule has 0 aliphatic carbocycles. The van der Waals surface area contributed by atoms with Crippen molar-refractivity contribution in [3.8, 4) is 12.1 Å². The standard InChI is InChI=1S/C6H5N2/c1-5(3-7)6(2)4-8/h1H2,2H3. The first kappa shape index (κ1) is 6.72. The Kier molecular flexibility index (Phi) is 2.37. The average molecular weight is 105 g/mol. The average Bonchev–Trinajstić information content (AvgIpc) is 1.84. The third kappa shape index (κ3) is 1.45. The van der Waals surface area contributed by atoms with Crippen LogP contribution in [0.3, 0.4) is 0 Å². The Morgan fingerprint density at radius 3 is 2.00 bits per heavy atom. The number of nitrogens with zero attached hydrogens (tertiary/aromatic N) is 2. The Balaban J connectivity index is 4.41. The normalized spacial score (nSPS) is 11.0. The van der Waals surface area contributed by atoms with Gasteiger partial charge >= 0.3 is 0 Å². The molecular weight excluding hydrogens is 100 g/mol. The first-order valence-electron chi connectivity index (χ1n) is 2.05. The molecule has 0 spiro atoms. The number of allylic oxidation sites excluding steroid dienone is 2. The molecule has 0 bridgehead atoms. The van der Waals surface area contributed by atoms with Gasteiger partial charge in [0.1, 0.15) is 0 Å². The van der Waals surface area contributed by atoms with Gasteiger partial charge in [0.15, 0.2) is 0 Å². The molecule has 2 nitrogen and oxygen atoms in total. The molecule has 0 heterocycles. The molecule has 2 heteroatoms. The van der Waals surface area contributed by atoms with Gasteiger partial charge in [0, 0.05) is 11.1 Å². The minimum atomic E-state index is 0.243. The fraction of sp³-hybridized carbons (Fsp3) is 0.167. The first-order valence-corrected chi connectivity index (χ1v) is 2.05. The van der Waals surface area contributed by atoms with Crippen molar-refractivity contribution in [1.82, 2.24) is 0 Å². The van der Waals surface area contributed by atoms with Crippen molar-refractivity contribution < 1.29 is 0 Å². The second-order valence-corrected chi connectivity index (χ2v) is 1.33. The quantitative estimate of drug-likeness (QED) is 0.434. The number of hydrogen-bond donors (Lipinski definition) is 0. The molecular formula is C6H5N2. The summed E-state index contributed by atoms with van der Waals surface area (Å²) >= 11 is 0. The van der Waals surface area contributed by atoms with Gasteiger partial charge in [0.2, 0.25) is 0 Å². The zero-order valence-electron chi connectivity index (χ0n) is 4.60. The Morgan fingerprint density at radius 1 is 1.38 bits per heavy atom. The van der Waals surface area contributed by atoms with E-state index in [9.17, 15) is 0 Å². The molecule has 0 saturated carbocycles. The lowest BCUT2D eigenvalue weighted by atomic mass is 10.2. The molecule has 0 aromatic rings. The van der Waals surface area contributed by atoms with Crippen LogP contribution >= 0.6 is 0 Å². The molecule has 39 valence electrons. The summed E-state index contributed by atoms with van der Waals surface area (Å²) in [6, 6.07) is 3.57. The van der Waals surface area contributed by atoms with Crippen LogP contribution in [0, 0.1) is 29.6 Å². The monoisotopic (exact) mass is 105 g/mol. The first-order chi connectivity index (χ1) is 3.72. The summed E-state index contributed by atoms with van der Waals surface area (Å²) < 4.78 is 0. The topological polar surface area (TPSA) is 47.6 Å². The SMILES string of the molecule is [CH2]C(C#N)=C(C)C#N. The smallest absolute Gasteiger partial charge is 0.0957 e. The lowest BCUT2D eigenvalue weighted by molar-refractivity contribution is 1.39. The number of hydrogen-bond acceptors (Lipinski definition) is 2. The van der Waals surface area contributed by atoms with Crippen LogP contribution < -0.4 is 0 Å². The van der Waals surface area contributed by atoms with Crippen molar-refractivity contribution in [3.05, 3.63) is 18.1 Å². The van der Waals surface area contributed by atoms with E-state index in [0.717, 1.165) is 0 Å². The number of rotatable bonds is 0. The van der Waals surface area contributed by atoms with Crippen LogP contribution in [0.5, 0.6) is 0 Å². The van der Waals surface area contributed by atoms with E-state index >= 15 is 0 Å². The van der Waals surface area contributed by atoms with Crippen LogP contribution in [0.15, 0.2) is 11.1 Å². The molecule has 0 aromatic carbocycles. The molecule has 8 heavy (non-hydrogen) atoms. The second-order valence-electron chi connectivity index (χ2n) is 1.33. The van der Waals surface area contributed by atoms with Crippen molar-refractivity contribution in [2.75, 3.05) is 0 Å². The van der Waals surface area contributed by atoms with Gasteiger partial charge in [-0.15, -0.1) is 0 Å². The summed E-state index contributed by atoms with van der Waals surface area (Å²) in [5.74, 6) is 0. The Morgan fingerprint density at radius 2 is 1.88 bits per heavy atom. The van der Waals surface area contributed by atoms with Crippen LogP contribution in [0.1, 0.15) is 6.92 Å². The third-order valence-corrected chi connectivity index (χ3v) is 0.755. The molecule has 1 radical (unpaired) electrons. The zero-order chi connectivity index (χ0) is 6.57. The van der Waals surface area contributed by atoms with Gasteiger partial charge in [0.05, 0.1) is 12.1 Å². The van der Waals surface area contributed by atoms with Crippen molar-refractivity contribution in [2.24, 2.45) is 0 Å². The van der Waals surface area contributed by atoms with E-state index in [2.05, 4.69) is 6.92 Å². The van der Waals surface area contributed by atoms with E-state index in [1.54, 1.807) is 13.0 Å². The van der Waals surface area contributed by atoms with Gasteiger partial charge in [-0.1, -0.05) is 0 Å².